The van der Waals surface area contributed by atoms with Crippen LogP contribution in [0, 0.1) is 24.5 Å². The monoisotopic (exact) mass is 351 g/mol. The lowest BCUT2D eigenvalue weighted by molar-refractivity contribution is -0.136. The molecule has 2 aromatic rings. The minimum atomic E-state index is -1.13. The number of nitrogens with one attached hydrogen (secondary N) is 1. The van der Waals surface area contributed by atoms with Gasteiger partial charge in [-0.1, -0.05) is 19.9 Å². The molecule has 7 heteroatoms. The highest BCUT2D eigenvalue weighted by atomic mass is 19.1. The van der Waals surface area contributed by atoms with Crippen LogP contribution in [-0.4, -0.2) is 17.0 Å². The summed E-state index contributed by atoms with van der Waals surface area (Å²) in [6, 6.07) is 2.46. The average Bonchev–Trinajstić information content (AvgIpc) is 2.85. The summed E-state index contributed by atoms with van der Waals surface area (Å²) in [7, 11) is 0. The molecule has 0 fully saturated rings. The van der Waals surface area contributed by atoms with Crippen LogP contribution >= 0.6 is 0 Å². The molecule has 2 rings (SSSR count). The standard InChI is InChI=1S/C18H19F2NO4/c1-9(2)17(12-5-4-11(19)6-13(12)20)21-18(24)16-10(3)8-25-14(16)7-15(22)23/h4-6,8-9,17H,7H2,1-3H3,(H,21,24)(H,22,23). The Bertz CT molecular complexity index is 798. The van der Waals surface area contributed by atoms with Gasteiger partial charge in [0.2, 0.25) is 0 Å². The Kier molecular flexibility index (Phi) is 5.56. The molecular formula is C18H19F2NO4. The van der Waals surface area contributed by atoms with Crippen molar-refractivity contribution >= 4 is 11.9 Å². The van der Waals surface area contributed by atoms with Gasteiger partial charge in [-0.05, 0) is 18.9 Å². The van der Waals surface area contributed by atoms with Gasteiger partial charge in [-0.15, -0.1) is 0 Å². The number of rotatable bonds is 6. The highest BCUT2D eigenvalue weighted by Gasteiger charge is 2.26. The topological polar surface area (TPSA) is 79.5 Å². The maximum absolute atomic E-state index is 14.1. The van der Waals surface area contributed by atoms with Crippen LogP contribution in [-0.2, 0) is 11.2 Å². The van der Waals surface area contributed by atoms with E-state index in [0.29, 0.717) is 5.56 Å². The zero-order valence-electron chi connectivity index (χ0n) is 14.1. The van der Waals surface area contributed by atoms with Crippen molar-refractivity contribution in [2.75, 3.05) is 0 Å². The Labute approximate surface area is 143 Å². The summed E-state index contributed by atoms with van der Waals surface area (Å²) >= 11 is 0. The first kappa shape index (κ1) is 18.6. The number of carbonyl (C=O) groups is 2. The van der Waals surface area contributed by atoms with E-state index in [1.54, 1.807) is 20.8 Å². The SMILES string of the molecule is Cc1coc(CC(=O)O)c1C(=O)NC(c1ccc(F)cc1F)C(C)C. The van der Waals surface area contributed by atoms with Crippen LogP contribution in [0.4, 0.5) is 8.78 Å². The van der Waals surface area contributed by atoms with Crippen molar-refractivity contribution in [2.45, 2.75) is 33.2 Å². The van der Waals surface area contributed by atoms with Crippen LogP contribution in [0.25, 0.3) is 0 Å². The Morgan fingerprint density at radius 2 is 1.96 bits per heavy atom. The summed E-state index contributed by atoms with van der Waals surface area (Å²) < 4.78 is 32.4. The number of halogens is 2. The quantitative estimate of drug-likeness (QED) is 0.833. The number of hydrogen-bond donors (Lipinski definition) is 2. The van der Waals surface area contributed by atoms with Crippen LogP contribution in [0.1, 0.15) is 47.1 Å². The predicted molar refractivity (Wildman–Crippen MR) is 86.2 cm³/mol. The molecule has 2 N–H and O–H groups in total. The molecule has 0 bridgehead atoms. The van der Waals surface area contributed by atoms with E-state index >= 15 is 0 Å². The van der Waals surface area contributed by atoms with Crippen molar-refractivity contribution in [3.05, 3.63) is 58.5 Å². The van der Waals surface area contributed by atoms with Gasteiger partial charge in [-0.2, -0.15) is 0 Å². The first-order valence-electron chi connectivity index (χ1n) is 7.75. The number of benzene rings is 1. The van der Waals surface area contributed by atoms with E-state index in [1.165, 1.54) is 12.3 Å². The number of carboxylic acid groups (broad SMARTS) is 1. The van der Waals surface area contributed by atoms with Gasteiger partial charge in [0.1, 0.15) is 23.8 Å². The second-order valence-electron chi connectivity index (χ2n) is 6.15. The maximum atomic E-state index is 14.1. The number of carboxylic acids is 1. The Hall–Kier alpha value is -2.70. The van der Waals surface area contributed by atoms with Crippen molar-refractivity contribution in [1.29, 1.82) is 0 Å². The fraction of sp³-hybridized carbons (Fsp3) is 0.333. The smallest absolute Gasteiger partial charge is 0.311 e. The van der Waals surface area contributed by atoms with E-state index in [-0.39, 0.29) is 22.8 Å². The Morgan fingerprint density at radius 3 is 2.52 bits per heavy atom. The van der Waals surface area contributed by atoms with Crippen molar-refractivity contribution < 1.29 is 27.9 Å². The largest absolute Gasteiger partial charge is 0.481 e. The highest BCUT2D eigenvalue weighted by Crippen LogP contribution is 2.26. The van der Waals surface area contributed by atoms with Crippen LogP contribution in [0.3, 0.4) is 0 Å². The van der Waals surface area contributed by atoms with Crippen LogP contribution < -0.4 is 5.32 Å². The number of carbonyl (C=O) groups excluding carboxylic acids is 1. The zero-order valence-corrected chi connectivity index (χ0v) is 14.1. The third-order valence-corrected chi connectivity index (χ3v) is 3.84. The maximum Gasteiger partial charge on any atom is 0.311 e. The molecule has 0 saturated heterocycles. The summed E-state index contributed by atoms with van der Waals surface area (Å²) in [5, 5.41) is 11.6. The highest BCUT2D eigenvalue weighted by molar-refractivity contribution is 5.97. The van der Waals surface area contributed by atoms with E-state index in [4.69, 9.17) is 9.52 Å². The van der Waals surface area contributed by atoms with Gasteiger partial charge in [-0.3, -0.25) is 9.59 Å². The lowest BCUT2D eigenvalue weighted by Crippen LogP contribution is -2.33. The molecule has 1 unspecified atom stereocenters. The van der Waals surface area contributed by atoms with E-state index in [2.05, 4.69) is 5.32 Å². The van der Waals surface area contributed by atoms with Crippen molar-refractivity contribution in [3.63, 3.8) is 0 Å². The fourth-order valence-corrected chi connectivity index (χ4v) is 2.64. The molecule has 5 nitrogen and oxygen atoms in total. The van der Waals surface area contributed by atoms with E-state index in [1.807, 2.05) is 0 Å². The first-order chi connectivity index (χ1) is 11.7. The van der Waals surface area contributed by atoms with Gasteiger partial charge in [0.05, 0.1) is 17.9 Å². The van der Waals surface area contributed by atoms with Crippen molar-refractivity contribution in [2.24, 2.45) is 5.92 Å². The van der Waals surface area contributed by atoms with Crippen molar-refractivity contribution in [3.8, 4) is 0 Å². The van der Waals surface area contributed by atoms with Gasteiger partial charge >= 0.3 is 5.97 Å². The third kappa shape index (κ3) is 4.23. The molecule has 1 aromatic carbocycles. The van der Waals surface area contributed by atoms with Crippen LogP contribution in [0.2, 0.25) is 0 Å². The fourth-order valence-electron chi connectivity index (χ4n) is 2.64. The van der Waals surface area contributed by atoms with Gasteiger partial charge in [0, 0.05) is 17.2 Å². The average molecular weight is 351 g/mol. The summed E-state index contributed by atoms with van der Waals surface area (Å²) in [4.78, 5) is 23.5. The molecule has 134 valence electrons. The van der Waals surface area contributed by atoms with Gasteiger partial charge < -0.3 is 14.8 Å². The second kappa shape index (κ2) is 7.46. The zero-order chi connectivity index (χ0) is 18.7. The molecule has 0 aliphatic carbocycles. The van der Waals surface area contributed by atoms with E-state index < -0.39 is 36.0 Å². The molecule has 25 heavy (non-hydrogen) atoms. The molecule has 0 spiro atoms. The molecule has 1 aromatic heterocycles. The molecule has 0 radical (unpaired) electrons. The number of aryl methyl sites for hydroxylation is 1. The first-order valence-corrected chi connectivity index (χ1v) is 7.75. The summed E-state index contributed by atoms with van der Waals surface area (Å²) in [6.45, 7) is 5.19. The Balaban J connectivity index is 2.33. The minimum Gasteiger partial charge on any atom is -0.481 e. The minimum absolute atomic E-state index is 0.0320. The molecule has 0 aliphatic heterocycles. The molecule has 1 atom stereocenters. The molecule has 0 aliphatic rings. The molecule has 1 amide bonds. The van der Waals surface area contributed by atoms with Gasteiger partial charge in [-0.25, -0.2) is 8.78 Å². The molecule has 1 heterocycles. The number of amides is 1. The summed E-state index contributed by atoms with van der Waals surface area (Å²) in [6.07, 6.45) is 0.865. The van der Waals surface area contributed by atoms with Crippen LogP contribution in [0.15, 0.2) is 28.9 Å². The predicted octanol–water partition coefficient (Wildman–Crippen LogP) is 3.62. The van der Waals surface area contributed by atoms with Gasteiger partial charge in [0.25, 0.3) is 5.91 Å². The second-order valence-corrected chi connectivity index (χ2v) is 6.15. The van der Waals surface area contributed by atoms with E-state index in [9.17, 15) is 18.4 Å². The molecular weight excluding hydrogens is 332 g/mol. The van der Waals surface area contributed by atoms with Crippen LogP contribution in [0.5, 0.6) is 0 Å². The lowest BCUT2D eigenvalue weighted by Gasteiger charge is -2.23. The van der Waals surface area contributed by atoms with E-state index in [0.717, 1.165) is 12.1 Å². The molecule has 0 saturated carbocycles. The number of hydrogen-bond acceptors (Lipinski definition) is 3. The van der Waals surface area contributed by atoms with Crippen molar-refractivity contribution in [1.82, 2.24) is 5.32 Å². The summed E-state index contributed by atoms with van der Waals surface area (Å²) in [5.41, 5.74) is 0.761. The number of furan rings is 1. The lowest BCUT2D eigenvalue weighted by atomic mass is 9.94. The number of aliphatic carboxylic acids is 1. The van der Waals surface area contributed by atoms with Gasteiger partial charge in [0.15, 0.2) is 0 Å². The normalized spacial score (nSPS) is 12.2. The Morgan fingerprint density at radius 1 is 1.28 bits per heavy atom. The summed E-state index contributed by atoms with van der Waals surface area (Å²) in [5.74, 6) is -3.31. The third-order valence-electron chi connectivity index (χ3n) is 3.84.